The number of benzene rings is 2. The fourth-order valence-electron chi connectivity index (χ4n) is 2.49. The number of carbonyl (C=O) groups is 1. The maximum Gasteiger partial charge on any atom is 0.342 e. The second-order valence-electron chi connectivity index (χ2n) is 5.37. The van der Waals surface area contributed by atoms with Crippen molar-refractivity contribution >= 4 is 16.9 Å². The molecule has 3 rings (SSSR count). The highest BCUT2D eigenvalue weighted by Gasteiger charge is 2.14. The second-order valence-corrected chi connectivity index (χ2v) is 5.37. The van der Waals surface area contributed by atoms with Crippen LogP contribution in [0.15, 0.2) is 57.7 Å². The molecule has 0 saturated heterocycles. The lowest BCUT2D eigenvalue weighted by molar-refractivity contribution is 0.0470. The van der Waals surface area contributed by atoms with E-state index in [9.17, 15) is 9.59 Å². The number of esters is 1. The zero-order valence-electron chi connectivity index (χ0n) is 13.4. The summed E-state index contributed by atoms with van der Waals surface area (Å²) in [5.41, 5.74) is 1.92. The number of carbonyl (C=O) groups excluding carboxylic acids is 1. The number of ether oxygens (including phenoxy) is 2. The summed E-state index contributed by atoms with van der Waals surface area (Å²) in [5, 5.41) is 0.744. The van der Waals surface area contributed by atoms with Gasteiger partial charge in [-0.1, -0.05) is 24.3 Å². The third-order valence-electron chi connectivity index (χ3n) is 3.67. The van der Waals surface area contributed by atoms with E-state index < -0.39 is 11.6 Å². The molecule has 122 valence electrons. The van der Waals surface area contributed by atoms with Gasteiger partial charge in [0.05, 0.1) is 7.11 Å². The van der Waals surface area contributed by atoms with Gasteiger partial charge in [0, 0.05) is 17.0 Å². The Hall–Kier alpha value is -3.08. The number of aryl methyl sites for hydroxylation is 1. The highest BCUT2D eigenvalue weighted by molar-refractivity contribution is 5.92. The van der Waals surface area contributed by atoms with E-state index in [1.165, 1.54) is 13.2 Å². The van der Waals surface area contributed by atoms with E-state index in [4.69, 9.17) is 13.9 Å². The van der Waals surface area contributed by atoms with E-state index in [2.05, 4.69) is 0 Å². The number of rotatable bonds is 4. The van der Waals surface area contributed by atoms with Gasteiger partial charge in [0.25, 0.3) is 0 Å². The largest absolute Gasteiger partial charge is 0.496 e. The van der Waals surface area contributed by atoms with Gasteiger partial charge in [0.2, 0.25) is 0 Å². The van der Waals surface area contributed by atoms with Crippen molar-refractivity contribution in [2.24, 2.45) is 0 Å². The Labute approximate surface area is 138 Å². The van der Waals surface area contributed by atoms with Crippen LogP contribution >= 0.6 is 0 Å². The van der Waals surface area contributed by atoms with Crippen molar-refractivity contribution < 1.29 is 18.7 Å². The van der Waals surface area contributed by atoms with E-state index in [1.54, 1.807) is 30.3 Å². The van der Waals surface area contributed by atoms with Gasteiger partial charge < -0.3 is 13.9 Å². The molecule has 5 heteroatoms. The molecule has 24 heavy (non-hydrogen) atoms. The highest BCUT2D eigenvalue weighted by atomic mass is 16.5. The van der Waals surface area contributed by atoms with Crippen molar-refractivity contribution in [1.82, 2.24) is 0 Å². The summed E-state index contributed by atoms with van der Waals surface area (Å²) in [6, 6.07) is 13.7. The molecule has 0 amide bonds. The molecule has 0 fully saturated rings. The van der Waals surface area contributed by atoms with Crippen LogP contribution in [0.1, 0.15) is 21.5 Å². The van der Waals surface area contributed by atoms with Gasteiger partial charge in [-0.3, -0.25) is 0 Å². The molecule has 0 aliphatic carbocycles. The lowest BCUT2D eigenvalue weighted by Crippen LogP contribution is -2.09. The molecular formula is C19H16O5. The van der Waals surface area contributed by atoms with Crippen LogP contribution in [0.3, 0.4) is 0 Å². The van der Waals surface area contributed by atoms with E-state index in [-0.39, 0.29) is 6.61 Å². The van der Waals surface area contributed by atoms with Crippen molar-refractivity contribution in [3.05, 3.63) is 75.6 Å². The summed E-state index contributed by atoms with van der Waals surface area (Å²) in [7, 11) is 1.49. The fraction of sp³-hybridized carbons (Fsp3) is 0.158. The van der Waals surface area contributed by atoms with Crippen molar-refractivity contribution in [2.75, 3.05) is 7.11 Å². The molecule has 0 N–H and O–H groups in total. The summed E-state index contributed by atoms with van der Waals surface area (Å²) in [4.78, 5) is 24.0. The molecule has 3 aromatic rings. The summed E-state index contributed by atoms with van der Waals surface area (Å²) >= 11 is 0. The van der Waals surface area contributed by atoms with Crippen molar-refractivity contribution in [3.8, 4) is 5.75 Å². The predicted octanol–water partition coefficient (Wildman–Crippen LogP) is 3.47. The molecular weight excluding hydrogens is 308 g/mol. The zero-order chi connectivity index (χ0) is 17.1. The molecule has 1 aromatic heterocycles. The molecule has 0 aliphatic rings. The van der Waals surface area contributed by atoms with Gasteiger partial charge in [-0.2, -0.15) is 0 Å². The molecule has 2 aromatic carbocycles. The summed E-state index contributed by atoms with van der Waals surface area (Å²) in [6.45, 7) is 1.88. The first-order valence-electron chi connectivity index (χ1n) is 7.42. The third kappa shape index (κ3) is 3.15. The Balaban J connectivity index is 1.88. The average molecular weight is 324 g/mol. The first kappa shape index (κ1) is 15.8. The molecule has 0 spiro atoms. The van der Waals surface area contributed by atoms with Crippen molar-refractivity contribution in [1.29, 1.82) is 0 Å². The molecule has 0 radical (unpaired) electrons. The monoisotopic (exact) mass is 324 g/mol. The summed E-state index contributed by atoms with van der Waals surface area (Å²) < 4.78 is 15.7. The van der Waals surface area contributed by atoms with Crippen LogP contribution in [0.25, 0.3) is 11.0 Å². The fourth-order valence-corrected chi connectivity index (χ4v) is 2.49. The van der Waals surface area contributed by atoms with Gasteiger partial charge in [0.1, 0.15) is 23.5 Å². The van der Waals surface area contributed by atoms with Crippen LogP contribution in [0, 0.1) is 6.92 Å². The molecule has 5 nitrogen and oxygen atoms in total. The SMILES string of the molecule is COc1ccccc1C(=O)OCc1cc(=O)oc2cc(C)ccc12. The lowest BCUT2D eigenvalue weighted by Gasteiger charge is -2.10. The lowest BCUT2D eigenvalue weighted by atomic mass is 10.1. The molecule has 0 saturated carbocycles. The first-order chi connectivity index (χ1) is 11.6. The Morgan fingerprint density at radius 2 is 1.92 bits per heavy atom. The topological polar surface area (TPSA) is 65.7 Å². The van der Waals surface area contributed by atoms with Crippen molar-refractivity contribution in [2.45, 2.75) is 13.5 Å². The number of hydrogen-bond donors (Lipinski definition) is 0. The van der Waals surface area contributed by atoms with Crippen LogP contribution < -0.4 is 10.4 Å². The van der Waals surface area contributed by atoms with Gasteiger partial charge in [-0.05, 0) is 30.7 Å². The molecule has 0 aliphatic heterocycles. The van der Waals surface area contributed by atoms with Gasteiger partial charge in [-0.25, -0.2) is 9.59 Å². The first-order valence-corrected chi connectivity index (χ1v) is 7.42. The van der Waals surface area contributed by atoms with E-state index >= 15 is 0 Å². The third-order valence-corrected chi connectivity index (χ3v) is 3.67. The van der Waals surface area contributed by atoms with Crippen LogP contribution in [0.4, 0.5) is 0 Å². The quantitative estimate of drug-likeness (QED) is 0.543. The Morgan fingerprint density at radius 1 is 1.12 bits per heavy atom. The maximum absolute atomic E-state index is 12.3. The van der Waals surface area contributed by atoms with Crippen LogP contribution in [0.2, 0.25) is 0 Å². The number of para-hydroxylation sites is 1. The van der Waals surface area contributed by atoms with Crippen LogP contribution in [-0.4, -0.2) is 13.1 Å². The second kappa shape index (κ2) is 6.58. The molecule has 1 heterocycles. The van der Waals surface area contributed by atoms with Crippen LogP contribution in [-0.2, 0) is 11.3 Å². The van der Waals surface area contributed by atoms with Gasteiger partial charge >= 0.3 is 11.6 Å². The summed E-state index contributed by atoms with van der Waals surface area (Å²) in [6.07, 6.45) is 0. The molecule has 0 atom stereocenters. The standard InChI is InChI=1S/C19H16O5/c1-12-7-8-14-13(10-18(20)24-17(14)9-12)11-23-19(21)15-5-3-4-6-16(15)22-2/h3-10H,11H2,1-2H3. The van der Waals surface area contributed by atoms with E-state index in [0.717, 1.165) is 10.9 Å². The number of methoxy groups -OCH3 is 1. The Kier molecular flexibility index (Phi) is 4.33. The minimum atomic E-state index is -0.513. The van der Waals surface area contributed by atoms with Gasteiger partial charge in [-0.15, -0.1) is 0 Å². The molecule has 0 unspecified atom stereocenters. The number of fused-ring (bicyclic) bond motifs is 1. The van der Waals surface area contributed by atoms with E-state index in [0.29, 0.717) is 22.5 Å². The summed E-state index contributed by atoms with van der Waals surface area (Å²) in [5.74, 6) is -0.0727. The van der Waals surface area contributed by atoms with E-state index in [1.807, 2.05) is 19.1 Å². The minimum Gasteiger partial charge on any atom is -0.496 e. The average Bonchev–Trinajstić information content (AvgIpc) is 2.58. The van der Waals surface area contributed by atoms with Gasteiger partial charge in [0.15, 0.2) is 0 Å². The minimum absolute atomic E-state index is 0.0258. The maximum atomic E-state index is 12.3. The van der Waals surface area contributed by atoms with Crippen molar-refractivity contribution in [3.63, 3.8) is 0 Å². The highest BCUT2D eigenvalue weighted by Crippen LogP contribution is 2.21. The predicted molar refractivity (Wildman–Crippen MR) is 89.3 cm³/mol. The molecule has 0 bridgehead atoms. The Bertz CT molecular complexity index is 955. The Morgan fingerprint density at radius 3 is 2.71 bits per heavy atom. The normalized spacial score (nSPS) is 10.6. The zero-order valence-corrected chi connectivity index (χ0v) is 13.4. The van der Waals surface area contributed by atoms with Crippen LogP contribution in [0.5, 0.6) is 5.75 Å². The smallest absolute Gasteiger partial charge is 0.342 e. The number of hydrogen-bond acceptors (Lipinski definition) is 5.